The molecule has 1 nitrogen and oxygen atoms in total. The second-order valence-corrected chi connectivity index (χ2v) is 4.91. The molecule has 0 amide bonds. The number of carbonyl (C=O) groups excluding carboxylic acids is 1. The van der Waals surface area contributed by atoms with Gasteiger partial charge in [0, 0.05) is 11.5 Å². The van der Waals surface area contributed by atoms with E-state index < -0.39 is 0 Å². The third kappa shape index (κ3) is 3.69. The Morgan fingerprint density at radius 2 is 1.88 bits per heavy atom. The van der Waals surface area contributed by atoms with Crippen LogP contribution in [0.3, 0.4) is 0 Å². The highest BCUT2D eigenvalue weighted by molar-refractivity contribution is 5.98. The van der Waals surface area contributed by atoms with Crippen LogP contribution in [0.15, 0.2) is 18.2 Å². The van der Waals surface area contributed by atoms with Crippen LogP contribution < -0.4 is 0 Å². The molecule has 0 heterocycles. The Hall–Kier alpha value is -1.11. The van der Waals surface area contributed by atoms with Gasteiger partial charge in [-0.2, -0.15) is 0 Å². The molecule has 1 heteroatoms. The minimum absolute atomic E-state index is 0.206. The molecular formula is C16H24O. The normalized spacial score (nSPS) is 12.5. The maximum atomic E-state index is 12.3. The molecule has 0 N–H and O–H groups in total. The van der Waals surface area contributed by atoms with E-state index in [1.807, 2.05) is 12.1 Å². The van der Waals surface area contributed by atoms with E-state index in [0.717, 1.165) is 31.2 Å². The van der Waals surface area contributed by atoms with Gasteiger partial charge >= 0.3 is 0 Å². The summed E-state index contributed by atoms with van der Waals surface area (Å²) < 4.78 is 0. The fourth-order valence-corrected chi connectivity index (χ4v) is 2.10. The molecule has 1 aromatic rings. The molecule has 1 aromatic carbocycles. The van der Waals surface area contributed by atoms with Gasteiger partial charge in [-0.1, -0.05) is 38.8 Å². The molecule has 17 heavy (non-hydrogen) atoms. The standard InChI is InChI=1S/C16H24O/c1-5-7-8-14(6-2)16(17)15-10-9-12(3)13(4)11-15/h9-11,14H,5-8H2,1-4H3. The van der Waals surface area contributed by atoms with Crippen molar-refractivity contribution >= 4 is 5.78 Å². The van der Waals surface area contributed by atoms with Gasteiger partial charge in [-0.15, -0.1) is 0 Å². The van der Waals surface area contributed by atoms with Gasteiger partial charge in [0.25, 0.3) is 0 Å². The Bertz CT molecular complexity index is 379. The number of carbonyl (C=O) groups is 1. The van der Waals surface area contributed by atoms with Crippen LogP contribution in [0.2, 0.25) is 0 Å². The van der Waals surface area contributed by atoms with Crippen molar-refractivity contribution < 1.29 is 4.79 Å². The van der Waals surface area contributed by atoms with Gasteiger partial charge in [-0.25, -0.2) is 0 Å². The molecule has 1 rings (SSSR count). The van der Waals surface area contributed by atoms with Crippen molar-refractivity contribution in [3.63, 3.8) is 0 Å². The first-order valence-corrected chi connectivity index (χ1v) is 6.71. The molecule has 0 radical (unpaired) electrons. The van der Waals surface area contributed by atoms with Crippen LogP contribution in [0.1, 0.15) is 61.0 Å². The summed E-state index contributed by atoms with van der Waals surface area (Å²) in [6.45, 7) is 8.43. The second kappa shape index (κ2) is 6.58. The van der Waals surface area contributed by atoms with Gasteiger partial charge in [0.05, 0.1) is 0 Å². The van der Waals surface area contributed by atoms with Gasteiger partial charge < -0.3 is 0 Å². The van der Waals surface area contributed by atoms with Crippen LogP contribution in [-0.4, -0.2) is 5.78 Å². The summed E-state index contributed by atoms with van der Waals surface area (Å²) in [5.74, 6) is 0.529. The highest BCUT2D eigenvalue weighted by atomic mass is 16.1. The van der Waals surface area contributed by atoms with Crippen molar-refractivity contribution in [2.45, 2.75) is 53.4 Å². The van der Waals surface area contributed by atoms with Crippen LogP contribution in [0.4, 0.5) is 0 Å². The molecule has 0 aliphatic heterocycles. The Kier molecular flexibility index (Phi) is 5.40. The van der Waals surface area contributed by atoms with Gasteiger partial charge in [-0.05, 0) is 43.9 Å². The minimum atomic E-state index is 0.206. The SMILES string of the molecule is CCCCC(CC)C(=O)c1ccc(C)c(C)c1. The lowest BCUT2D eigenvalue weighted by Gasteiger charge is -2.14. The van der Waals surface area contributed by atoms with E-state index >= 15 is 0 Å². The molecule has 1 atom stereocenters. The van der Waals surface area contributed by atoms with Gasteiger partial charge in [0.15, 0.2) is 5.78 Å². The number of hydrogen-bond acceptors (Lipinski definition) is 1. The summed E-state index contributed by atoms with van der Waals surface area (Å²) in [6, 6.07) is 6.06. The van der Waals surface area contributed by atoms with E-state index in [-0.39, 0.29) is 5.92 Å². The summed E-state index contributed by atoms with van der Waals surface area (Å²) in [5, 5.41) is 0. The molecule has 0 saturated heterocycles. The first-order valence-electron chi connectivity index (χ1n) is 6.71. The molecule has 94 valence electrons. The highest BCUT2D eigenvalue weighted by Crippen LogP contribution is 2.20. The average Bonchev–Trinajstić information content (AvgIpc) is 2.33. The third-order valence-corrected chi connectivity index (χ3v) is 3.56. The van der Waals surface area contributed by atoms with Crippen LogP contribution in [0.25, 0.3) is 0 Å². The number of rotatable bonds is 6. The predicted octanol–water partition coefficient (Wildman–Crippen LogP) is 4.70. The monoisotopic (exact) mass is 232 g/mol. The Morgan fingerprint density at radius 3 is 2.41 bits per heavy atom. The molecule has 0 spiro atoms. The van der Waals surface area contributed by atoms with Gasteiger partial charge in [0.1, 0.15) is 0 Å². The Morgan fingerprint density at radius 1 is 1.18 bits per heavy atom. The van der Waals surface area contributed by atoms with E-state index in [9.17, 15) is 4.79 Å². The fourth-order valence-electron chi connectivity index (χ4n) is 2.10. The zero-order chi connectivity index (χ0) is 12.8. The highest BCUT2D eigenvalue weighted by Gasteiger charge is 2.17. The van der Waals surface area contributed by atoms with Crippen LogP contribution in [0, 0.1) is 19.8 Å². The van der Waals surface area contributed by atoms with E-state index in [1.54, 1.807) is 0 Å². The molecular weight excluding hydrogens is 208 g/mol. The molecule has 0 saturated carbocycles. The summed E-state index contributed by atoms with van der Waals surface area (Å²) in [4.78, 5) is 12.3. The van der Waals surface area contributed by atoms with Crippen LogP contribution >= 0.6 is 0 Å². The molecule has 0 fully saturated rings. The van der Waals surface area contributed by atoms with Crippen molar-refractivity contribution in [2.24, 2.45) is 5.92 Å². The molecule has 0 aliphatic rings. The number of Topliss-reactive ketones (excluding diaryl/α,β-unsaturated/α-hetero) is 1. The number of aryl methyl sites for hydroxylation is 2. The van der Waals surface area contributed by atoms with E-state index in [0.29, 0.717) is 5.78 Å². The first-order chi connectivity index (χ1) is 8.10. The zero-order valence-electron chi connectivity index (χ0n) is 11.5. The average molecular weight is 232 g/mol. The summed E-state index contributed by atoms with van der Waals surface area (Å²) in [7, 11) is 0. The number of benzene rings is 1. The lowest BCUT2D eigenvalue weighted by Crippen LogP contribution is -2.14. The predicted molar refractivity (Wildman–Crippen MR) is 73.6 cm³/mol. The summed E-state index contributed by atoms with van der Waals surface area (Å²) in [5.41, 5.74) is 3.35. The molecule has 0 bridgehead atoms. The summed E-state index contributed by atoms with van der Waals surface area (Å²) in [6.07, 6.45) is 4.29. The lowest BCUT2D eigenvalue weighted by molar-refractivity contribution is 0.0908. The Balaban J connectivity index is 2.82. The molecule has 0 aromatic heterocycles. The summed E-state index contributed by atoms with van der Waals surface area (Å²) >= 11 is 0. The fraction of sp³-hybridized carbons (Fsp3) is 0.562. The van der Waals surface area contributed by atoms with Crippen molar-refractivity contribution in [1.29, 1.82) is 0 Å². The van der Waals surface area contributed by atoms with Crippen LogP contribution in [-0.2, 0) is 0 Å². The van der Waals surface area contributed by atoms with Crippen molar-refractivity contribution in [3.8, 4) is 0 Å². The van der Waals surface area contributed by atoms with Gasteiger partial charge in [-0.3, -0.25) is 4.79 Å². The largest absolute Gasteiger partial charge is 0.294 e. The quantitative estimate of drug-likeness (QED) is 0.650. The van der Waals surface area contributed by atoms with Crippen molar-refractivity contribution in [3.05, 3.63) is 34.9 Å². The maximum absolute atomic E-state index is 12.3. The first kappa shape index (κ1) is 14.0. The second-order valence-electron chi connectivity index (χ2n) is 4.91. The van der Waals surface area contributed by atoms with E-state index in [1.165, 1.54) is 11.1 Å². The number of hydrogen-bond donors (Lipinski definition) is 0. The smallest absolute Gasteiger partial charge is 0.165 e. The van der Waals surface area contributed by atoms with E-state index in [2.05, 4.69) is 33.8 Å². The minimum Gasteiger partial charge on any atom is -0.294 e. The number of ketones is 1. The number of unbranched alkanes of at least 4 members (excludes halogenated alkanes) is 1. The van der Waals surface area contributed by atoms with Crippen molar-refractivity contribution in [1.82, 2.24) is 0 Å². The topological polar surface area (TPSA) is 17.1 Å². The van der Waals surface area contributed by atoms with Gasteiger partial charge in [0.2, 0.25) is 0 Å². The molecule has 1 unspecified atom stereocenters. The van der Waals surface area contributed by atoms with E-state index in [4.69, 9.17) is 0 Å². The zero-order valence-corrected chi connectivity index (χ0v) is 11.5. The molecule has 0 aliphatic carbocycles. The van der Waals surface area contributed by atoms with Crippen molar-refractivity contribution in [2.75, 3.05) is 0 Å². The Labute approximate surface area is 105 Å². The third-order valence-electron chi connectivity index (χ3n) is 3.56. The maximum Gasteiger partial charge on any atom is 0.165 e. The van der Waals surface area contributed by atoms with Crippen LogP contribution in [0.5, 0.6) is 0 Å². The lowest BCUT2D eigenvalue weighted by atomic mass is 9.89.